The number of nitrogens with zero attached hydrogens (tertiary/aromatic N) is 1. The van der Waals surface area contributed by atoms with Gasteiger partial charge in [0.15, 0.2) is 6.04 Å². The molecule has 0 spiro atoms. The molecule has 0 fully saturated rings. The maximum absolute atomic E-state index is 10.8. The van der Waals surface area contributed by atoms with Crippen LogP contribution in [0.2, 0.25) is 0 Å². The second-order valence-corrected chi connectivity index (χ2v) is 2.43. The molecule has 0 amide bonds. The van der Waals surface area contributed by atoms with Gasteiger partial charge in [-0.1, -0.05) is 13.8 Å². The number of carbonyl (C=O) groups is 1. The van der Waals surface area contributed by atoms with Crippen molar-refractivity contribution in [1.29, 1.82) is 0 Å². The van der Waals surface area contributed by atoms with Gasteiger partial charge in [0, 0.05) is 0 Å². The van der Waals surface area contributed by atoms with Crippen LogP contribution in [0.15, 0.2) is 4.99 Å². The molecule has 0 saturated heterocycles. The number of isocyanates is 1. The van der Waals surface area contributed by atoms with Crippen molar-refractivity contribution in [3.05, 3.63) is 0 Å². The number of hydrogen-bond acceptors (Lipinski definition) is 4. The summed E-state index contributed by atoms with van der Waals surface area (Å²) < 4.78 is 4.41. The molecule has 0 aromatic heterocycles. The van der Waals surface area contributed by atoms with Crippen LogP contribution in [0.3, 0.4) is 0 Å². The Morgan fingerprint density at radius 1 is 1.55 bits per heavy atom. The molecule has 0 aliphatic carbocycles. The molecule has 1 atom stereocenters. The third-order valence-corrected chi connectivity index (χ3v) is 1.27. The van der Waals surface area contributed by atoms with Crippen molar-refractivity contribution in [2.45, 2.75) is 19.9 Å². The molecule has 0 radical (unpaired) electrons. The highest BCUT2D eigenvalue weighted by atomic mass is 16.5. The predicted molar refractivity (Wildman–Crippen MR) is 38.8 cm³/mol. The first-order valence-electron chi connectivity index (χ1n) is 3.28. The largest absolute Gasteiger partial charge is 0.467 e. The number of esters is 1. The summed E-state index contributed by atoms with van der Waals surface area (Å²) in [5.74, 6) is -0.535. The molecule has 62 valence electrons. The van der Waals surface area contributed by atoms with E-state index < -0.39 is 12.0 Å². The standard InChI is InChI=1S/C7H11NO3/c1-5(2)6(8-4-9)7(10)11-3/h5-6H,1-3H3/t6-/m1/s1. The molecule has 0 unspecified atom stereocenters. The summed E-state index contributed by atoms with van der Waals surface area (Å²) in [6.07, 6.45) is 1.34. The first-order valence-corrected chi connectivity index (χ1v) is 3.28. The molecule has 0 rings (SSSR count). The van der Waals surface area contributed by atoms with Crippen LogP contribution in [0.1, 0.15) is 13.8 Å². The van der Waals surface area contributed by atoms with Crippen LogP contribution >= 0.6 is 0 Å². The van der Waals surface area contributed by atoms with E-state index in [1.54, 1.807) is 13.8 Å². The second-order valence-electron chi connectivity index (χ2n) is 2.43. The Balaban J connectivity index is 4.33. The van der Waals surface area contributed by atoms with E-state index >= 15 is 0 Å². The van der Waals surface area contributed by atoms with Gasteiger partial charge in [-0.3, -0.25) is 0 Å². The van der Waals surface area contributed by atoms with Crippen LogP contribution in [0.4, 0.5) is 0 Å². The average Bonchev–Trinajstić information content (AvgIpc) is 1.98. The summed E-state index contributed by atoms with van der Waals surface area (Å²) in [6.45, 7) is 3.56. The Labute approximate surface area is 65.3 Å². The van der Waals surface area contributed by atoms with Crippen molar-refractivity contribution in [2.24, 2.45) is 10.9 Å². The monoisotopic (exact) mass is 157 g/mol. The normalized spacial score (nSPS) is 12.0. The van der Waals surface area contributed by atoms with Crippen molar-refractivity contribution in [3.8, 4) is 0 Å². The van der Waals surface area contributed by atoms with Gasteiger partial charge in [-0.2, -0.15) is 4.99 Å². The quantitative estimate of drug-likeness (QED) is 0.341. The van der Waals surface area contributed by atoms with Crippen LogP contribution in [0, 0.1) is 5.92 Å². The van der Waals surface area contributed by atoms with E-state index in [1.165, 1.54) is 13.2 Å². The first kappa shape index (κ1) is 9.85. The zero-order valence-corrected chi connectivity index (χ0v) is 6.83. The first-order chi connectivity index (χ1) is 5.13. The zero-order valence-electron chi connectivity index (χ0n) is 6.83. The summed E-state index contributed by atoms with van der Waals surface area (Å²) >= 11 is 0. The second kappa shape index (κ2) is 4.63. The summed E-state index contributed by atoms with van der Waals surface area (Å²) in [6, 6.07) is -0.711. The maximum Gasteiger partial charge on any atom is 0.331 e. The molecule has 0 aliphatic rings. The van der Waals surface area contributed by atoms with Gasteiger partial charge in [0.05, 0.1) is 7.11 Å². The van der Waals surface area contributed by atoms with E-state index in [0.29, 0.717) is 0 Å². The van der Waals surface area contributed by atoms with E-state index in [-0.39, 0.29) is 5.92 Å². The fraction of sp³-hybridized carbons (Fsp3) is 0.714. The van der Waals surface area contributed by atoms with E-state index in [1.807, 2.05) is 0 Å². The van der Waals surface area contributed by atoms with Gasteiger partial charge in [0.2, 0.25) is 6.08 Å². The summed E-state index contributed by atoms with van der Waals surface area (Å²) in [5, 5.41) is 0. The molecule has 0 saturated carbocycles. The molecule has 0 N–H and O–H groups in total. The topological polar surface area (TPSA) is 55.7 Å². The number of carbonyl (C=O) groups excluding carboxylic acids is 2. The average molecular weight is 157 g/mol. The van der Waals surface area contributed by atoms with Crippen LogP contribution in [-0.4, -0.2) is 25.2 Å². The third-order valence-electron chi connectivity index (χ3n) is 1.27. The van der Waals surface area contributed by atoms with Gasteiger partial charge in [-0.15, -0.1) is 0 Å². The highest BCUT2D eigenvalue weighted by Crippen LogP contribution is 2.06. The molecule has 4 nitrogen and oxygen atoms in total. The Morgan fingerprint density at radius 2 is 2.09 bits per heavy atom. The highest BCUT2D eigenvalue weighted by Gasteiger charge is 2.21. The van der Waals surface area contributed by atoms with Crippen molar-refractivity contribution >= 4 is 12.0 Å². The molecule has 0 aromatic rings. The van der Waals surface area contributed by atoms with E-state index in [0.717, 1.165) is 0 Å². The van der Waals surface area contributed by atoms with Gasteiger partial charge in [-0.05, 0) is 5.92 Å². The molecule has 11 heavy (non-hydrogen) atoms. The minimum atomic E-state index is -0.711. The smallest absolute Gasteiger partial charge is 0.331 e. The SMILES string of the molecule is COC(=O)[C@H](N=C=O)C(C)C. The fourth-order valence-electron chi connectivity index (χ4n) is 0.651. The highest BCUT2D eigenvalue weighted by molar-refractivity contribution is 5.77. The lowest BCUT2D eigenvalue weighted by Gasteiger charge is -2.10. The molecule has 0 heterocycles. The number of hydrogen-bond donors (Lipinski definition) is 0. The third kappa shape index (κ3) is 2.96. The molecular weight excluding hydrogens is 146 g/mol. The lowest BCUT2D eigenvalue weighted by Crippen LogP contribution is -2.25. The van der Waals surface area contributed by atoms with Gasteiger partial charge >= 0.3 is 5.97 Å². The molecule has 0 bridgehead atoms. The van der Waals surface area contributed by atoms with E-state index in [2.05, 4.69) is 9.73 Å². The lowest BCUT2D eigenvalue weighted by atomic mass is 10.1. The Morgan fingerprint density at radius 3 is 2.36 bits per heavy atom. The van der Waals surface area contributed by atoms with Gasteiger partial charge < -0.3 is 4.74 Å². The maximum atomic E-state index is 10.8. The Kier molecular flexibility index (Phi) is 4.15. The minimum absolute atomic E-state index is 0.0381. The summed E-state index contributed by atoms with van der Waals surface area (Å²) in [7, 11) is 1.26. The molecular formula is C7H11NO3. The summed E-state index contributed by atoms with van der Waals surface area (Å²) in [4.78, 5) is 24.0. The Hall–Kier alpha value is -1.15. The number of methoxy groups -OCH3 is 1. The van der Waals surface area contributed by atoms with Gasteiger partial charge in [-0.25, -0.2) is 9.59 Å². The summed E-state index contributed by atoms with van der Waals surface area (Å²) in [5.41, 5.74) is 0. The fourth-order valence-corrected chi connectivity index (χ4v) is 0.651. The molecule has 4 heteroatoms. The molecule has 0 aromatic carbocycles. The van der Waals surface area contributed by atoms with Crippen LogP contribution < -0.4 is 0 Å². The van der Waals surface area contributed by atoms with E-state index in [9.17, 15) is 9.59 Å². The number of ether oxygens (including phenoxy) is 1. The minimum Gasteiger partial charge on any atom is -0.467 e. The van der Waals surface area contributed by atoms with Crippen molar-refractivity contribution in [1.82, 2.24) is 0 Å². The van der Waals surface area contributed by atoms with Crippen LogP contribution in [0.5, 0.6) is 0 Å². The van der Waals surface area contributed by atoms with Gasteiger partial charge in [0.25, 0.3) is 0 Å². The van der Waals surface area contributed by atoms with Gasteiger partial charge in [0.1, 0.15) is 0 Å². The molecule has 0 aliphatic heterocycles. The van der Waals surface area contributed by atoms with Crippen molar-refractivity contribution in [2.75, 3.05) is 7.11 Å². The van der Waals surface area contributed by atoms with Crippen molar-refractivity contribution < 1.29 is 14.3 Å². The van der Waals surface area contributed by atoms with Crippen LogP contribution in [-0.2, 0) is 14.3 Å². The number of rotatable bonds is 3. The van der Waals surface area contributed by atoms with Crippen LogP contribution in [0.25, 0.3) is 0 Å². The lowest BCUT2D eigenvalue weighted by molar-refractivity contribution is -0.143. The Bertz CT molecular complexity index is 182. The number of aliphatic imine (C=N–C) groups is 1. The zero-order chi connectivity index (χ0) is 8.85. The van der Waals surface area contributed by atoms with E-state index in [4.69, 9.17) is 0 Å². The predicted octanol–water partition coefficient (Wildman–Crippen LogP) is 0.520. The van der Waals surface area contributed by atoms with Crippen molar-refractivity contribution in [3.63, 3.8) is 0 Å².